The summed E-state index contributed by atoms with van der Waals surface area (Å²) in [7, 11) is 0. The third-order valence-corrected chi connectivity index (χ3v) is 5.70. The average Bonchev–Trinajstić information content (AvgIpc) is 2.54. The molecule has 1 aromatic rings. The van der Waals surface area contributed by atoms with Crippen LogP contribution in [0.4, 0.5) is 5.69 Å². The van der Waals surface area contributed by atoms with E-state index >= 15 is 0 Å². The fourth-order valence-corrected chi connectivity index (χ4v) is 4.74. The molecule has 1 fully saturated rings. The van der Waals surface area contributed by atoms with Crippen LogP contribution in [0.25, 0.3) is 6.08 Å². The number of rotatable bonds is 5. The Balaban J connectivity index is 2.21. The van der Waals surface area contributed by atoms with Gasteiger partial charge >= 0.3 is 0 Å². The molecule has 0 saturated carbocycles. The van der Waals surface area contributed by atoms with Crippen molar-refractivity contribution >= 4 is 46.9 Å². The summed E-state index contributed by atoms with van der Waals surface area (Å²) in [6.45, 7) is 1.39. The average molecular weight is 350 g/mol. The van der Waals surface area contributed by atoms with E-state index in [1.165, 1.54) is 31.2 Å². The molecule has 0 aliphatic carbocycles. The molecule has 122 valence electrons. The van der Waals surface area contributed by atoms with Gasteiger partial charge in [0.1, 0.15) is 0 Å². The third kappa shape index (κ3) is 4.97. The van der Waals surface area contributed by atoms with Gasteiger partial charge < -0.3 is 10.4 Å². The number of ketones is 2. The Morgan fingerprint density at radius 2 is 2.00 bits per heavy atom. The maximum atomic E-state index is 12.4. The van der Waals surface area contributed by atoms with E-state index in [2.05, 4.69) is 0 Å². The molecule has 1 aliphatic rings. The van der Waals surface area contributed by atoms with E-state index in [-0.39, 0.29) is 28.1 Å². The van der Waals surface area contributed by atoms with Crippen LogP contribution >= 0.6 is 23.5 Å². The van der Waals surface area contributed by atoms with Crippen LogP contribution in [0.15, 0.2) is 40.2 Å². The SMILES string of the molecule is CC(=O)C(C(=O)C=Cc1cccc(N([O-])O)c1)=C1SCCCS1. The minimum atomic E-state index is -0.345. The van der Waals surface area contributed by atoms with Crippen molar-refractivity contribution < 1.29 is 14.8 Å². The fraction of sp³-hybridized carbons (Fsp3) is 0.250. The highest BCUT2D eigenvalue weighted by Gasteiger charge is 2.20. The Bertz CT molecular complexity index is 660. The van der Waals surface area contributed by atoms with Crippen LogP contribution in [0.3, 0.4) is 0 Å². The molecule has 2 rings (SSSR count). The normalized spacial score (nSPS) is 14.8. The van der Waals surface area contributed by atoms with Crippen LogP contribution in [0.1, 0.15) is 18.9 Å². The lowest BCUT2D eigenvalue weighted by Crippen LogP contribution is -2.11. The zero-order valence-electron chi connectivity index (χ0n) is 12.5. The van der Waals surface area contributed by atoms with Gasteiger partial charge in [0.2, 0.25) is 0 Å². The van der Waals surface area contributed by atoms with Gasteiger partial charge in [-0.2, -0.15) is 0 Å². The third-order valence-electron chi connectivity index (χ3n) is 3.08. The number of Topliss-reactive ketones (excluding diaryl/α,β-unsaturated/α-hetero) is 1. The molecule has 0 bridgehead atoms. The molecule has 7 heteroatoms. The summed E-state index contributed by atoms with van der Waals surface area (Å²) in [5.74, 6) is 1.23. The largest absolute Gasteiger partial charge is 0.733 e. The number of nitrogens with zero attached hydrogens (tertiary/aromatic N) is 1. The first-order valence-electron chi connectivity index (χ1n) is 6.98. The second-order valence-electron chi connectivity index (χ2n) is 4.83. The van der Waals surface area contributed by atoms with Crippen LogP contribution < -0.4 is 5.23 Å². The topological polar surface area (TPSA) is 80.7 Å². The van der Waals surface area contributed by atoms with Crippen molar-refractivity contribution in [1.82, 2.24) is 0 Å². The van der Waals surface area contributed by atoms with Crippen LogP contribution in [0.2, 0.25) is 0 Å². The molecule has 5 nitrogen and oxygen atoms in total. The predicted molar refractivity (Wildman–Crippen MR) is 95.4 cm³/mol. The molecule has 23 heavy (non-hydrogen) atoms. The predicted octanol–water partition coefficient (Wildman–Crippen LogP) is 3.63. The second kappa shape index (κ2) is 8.35. The minimum Gasteiger partial charge on any atom is -0.733 e. The van der Waals surface area contributed by atoms with Gasteiger partial charge in [0.15, 0.2) is 11.6 Å². The number of hydrogen-bond acceptors (Lipinski definition) is 7. The second-order valence-corrected chi connectivity index (χ2v) is 7.30. The van der Waals surface area contributed by atoms with Crippen molar-refractivity contribution in [1.29, 1.82) is 0 Å². The first-order chi connectivity index (χ1) is 11.0. The summed E-state index contributed by atoms with van der Waals surface area (Å²) < 4.78 is 0.785. The molecule has 1 aliphatic heterocycles. The summed E-state index contributed by atoms with van der Waals surface area (Å²) in [6.07, 6.45) is 3.91. The van der Waals surface area contributed by atoms with Crippen LogP contribution in [-0.4, -0.2) is 28.3 Å². The quantitative estimate of drug-likeness (QED) is 0.376. The van der Waals surface area contributed by atoms with Crippen LogP contribution in [-0.2, 0) is 9.59 Å². The Hall–Kier alpha value is -1.54. The molecule has 0 radical (unpaired) electrons. The monoisotopic (exact) mass is 350 g/mol. The van der Waals surface area contributed by atoms with Gasteiger partial charge in [0.05, 0.1) is 15.5 Å². The van der Waals surface area contributed by atoms with E-state index in [1.807, 2.05) is 0 Å². The van der Waals surface area contributed by atoms with Crippen molar-refractivity contribution in [2.24, 2.45) is 0 Å². The van der Waals surface area contributed by atoms with Gasteiger partial charge in [-0.1, -0.05) is 18.2 Å². The molecule has 1 saturated heterocycles. The maximum Gasteiger partial charge on any atom is 0.191 e. The fourth-order valence-electron chi connectivity index (χ4n) is 2.00. The van der Waals surface area contributed by atoms with Crippen LogP contribution in [0.5, 0.6) is 0 Å². The van der Waals surface area contributed by atoms with E-state index in [9.17, 15) is 14.8 Å². The number of carbonyl (C=O) groups excluding carboxylic acids is 2. The summed E-state index contributed by atoms with van der Waals surface area (Å²) in [4.78, 5) is 24.2. The lowest BCUT2D eigenvalue weighted by molar-refractivity contribution is -0.118. The number of benzene rings is 1. The van der Waals surface area contributed by atoms with Gasteiger partial charge in [-0.3, -0.25) is 14.8 Å². The molecule has 0 atom stereocenters. The van der Waals surface area contributed by atoms with Crippen molar-refractivity contribution in [3.63, 3.8) is 0 Å². The number of anilines is 1. The van der Waals surface area contributed by atoms with Crippen LogP contribution in [0, 0.1) is 5.21 Å². The zero-order chi connectivity index (χ0) is 16.8. The van der Waals surface area contributed by atoms with Gasteiger partial charge in [0.25, 0.3) is 0 Å². The molecule has 0 aromatic heterocycles. The lowest BCUT2D eigenvalue weighted by atomic mass is 10.1. The van der Waals surface area contributed by atoms with E-state index in [0.29, 0.717) is 5.56 Å². The Morgan fingerprint density at radius 1 is 1.30 bits per heavy atom. The van der Waals surface area contributed by atoms with E-state index < -0.39 is 0 Å². The Morgan fingerprint density at radius 3 is 2.61 bits per heavy atom. The molecule has 0 unspecified atom stereocenters. The molecule has 0 spiro atoms. The van der Waals surface area contributed by atoms with Crippen molar-refractivity contribution in [3.8, 4) is 0 Å². The van der Waals surface area contributed by atoms with Crippen molar-refractivity contribution in [2.75, 3.05) is 16.7 Å². The van der Waals surface area contributed by atoms with Gasteiger partial charge in [0, 0.05) is 0 Å². The highest BCUT2D eigenvalue weighted by molar-refractivity contribution is 8.22. The summed E-state index contributed by atoms with van der Waals surface area (Å²) in [5.41, 5.74) is 0.880. The van der Waals surface area contributed by atoms with E-state index in [1.54, 1.807) is 35.7 Å². The van der Waals surface area contributed by atoms with Crippen molar-refractivity contribution in [2.45, 2.75) is 13.3 Å². The molecule has 0 amide bonds. The Labute approximate surface area is 143 Å². The molecular weight excluding hydrogens is 334 g/mol. The standard InChI is InChI=1S/C16H16NO4S2/c1-11(18)15(16-22-8-3-9-23-16)14(19)7-6-12-4-2-5-13(10-12)17(20)21/h2,4-7,10,20H,3,8-9H2,1H3/q-1. The molecule has 1 heterocycles. The molecule has 1 N–H and O–H groups in total. The molecule has 1 aromatic carbocycles. The smallest absolute Gasteiger partial charge is 0.191 e. The number of carbonyl (C=O) groups is 2. The number of hydrogen-bond donors (Lipinski definition) is 1. The Kier molecular flexibility index (Phi) is 6.47. The van der Waals surface area contributed by atoms with E-state index in [4.69, 9.17) is 5.21 Å². The van der Waals surface area contributed by atoms with Gasteiger partial charge in [-0.15, -0.1) is 23.5 Å². The number of allylic oxidation sites excluding steroid dienone is 2. The first kappa shape index (κ1) is 17.8. The number of thioether (sulfide) groups is 2. The van der Waals surface area contributed by atoms with Gasteiger partial charge in [-0.05, 0) is 48.6 Å². The summed E-state index contributed by atoms with van der Waals surface area (Å²) in [6, 6.07) is 6.19. The molecular formula is C16H16NO4S2-. The highest BCUT2D eigenvalue weighted by Crippen LogP contribution is 2.37. The minimum absolute atomic E-state index is 0.0723. The summed E-state index contributed by atoms with van der Waals surface area (Å²) in [5, 5.41) is 19.5. The zero-order valence-corrected chi connectivity index (χ0v) is 14.2. The highest BCUT2D eigenvalue weighted by atomic mass is 32.2. The van der Waals surface area contributed by atoms with Gasteiger partial charge in [-0.25, -0.2) is 0 Å². The van der Waals surface area contributed by atoms with E-state index in [0.717, 1.165) is 22.2 Å². The first-order valence-corrected chi connectivity index (χ1v) is 8.95. The van der Waals surface area contributed by atoms with Crippen molar-refractivity contribution in [3.05, 3.63) is 50.9 Å². The maximum absolute atomic E-state index is 12.4. The summed E-state index contributed by atoms with van der Waals surface area (Å²) >= 11 is 3.08. The lowest BCUT2D eigenvalue weighted by Gasteiger charge is -2.21.